The van der Waals surface area contributed by atoms with Crippen molar-refractivity contribution in [3.63, 3.8) is 0 Å². The number of hydrogen-bond acceptors (Lipinski definition) is 6. The summed E-state index contributed by atoms with van der Waals surface area (Å²) < 4.78 is 11.4. The molecule has 0 aromatic carbocycles. The van der Waals surface area contributed by atoms with Crippen molar-refractivity contribution in [3.05, 3.63) is 12.2 Å². The first-order valence-corrected chi connectivity index (χ1v) is 9.63. The predicted molar refractivity (Wildman–Crippen MR) is 97.3 cm³/mol. The molecule has 150 valence electrons. The maximum Gasteiger partial charge on any atom is 0.167 e. The number of aliphatic hydroxyl groups is 3. The molecule has 2 aliphatic heterocycles. The van der Waals surface area contributed by atoms with E-state index in [1.165, 1.54) is 0 Å². The van der Waals surface area contributed by atoms with Crippen LogP contribution >= 0.6 is 0 Å². The summed E-state index contributed by atoms with van der Waals surface area (Å²) in [4.78, 5) is 13.0. The zero-order chi connectivity index (χ0) is 19.7. The number of allylic oxidation sites excluding steroid dienone is 1. The lowest BCUT2D eigenvalue weighted by molar-refractivity contribution is -0.258. The molecule has 2 fully saturated rings. The summed E-state index contributed by atoms with van der Waals surface area (Å²) in [5.74, 6) is -2.95. The van der Waals surface area contributed by atoms with E-state index in [9.17, 15) is 20.1 Å². The average Bonchev–Trinajstić information content (AvgIpc) is 3.29. The fourth-order valence-electron chi connectivity index (χ4n) is 4.21. The lowest BCUT2D eigenvalue weighted by atomic mass is 9.73. The predicted octanol–water partition coefficient (Wildman–Crippen LogP) is 1.67. The maximum atomic E-state index is 13.0. The van der Waals surface area contributed by atoms with Crippen molar-refractivity contribution in [3.8, 4) is 0 Å². The van der Waals surface area contributed by atoms with Crippen molar-refractivity contribution >= 4 is 5.78 Å². The van der Waals surface area contributed by atoms with Gasteiger partial charge in [0.05, 0.1) is 36.9 Å². The van der Waals surface area contributed by atoms with E-state index in [1.807, 2.05) is 26.8 Å². The molecule has 26 heavy (non-hydrogen) atoms. The van der Waals surface area contributed by atoms with Crippen molar-refractivity contribution in [2.24, 2.45) is 23.7 Å². The Morgan fingerprint density at radius 2 is 2.04 bits per heavy atom. The molecule has 0 aromatic rings. The van der Waals surface area contributed by atoms with Crippen molar-refractivity contribution in [2.45, 2.75) is 71.1 Å². The van der Waals surface area contributed by atoms with Gasteiger partial charge in [-0.05, 0) is 26.2 Å². The highest BCUT2D eigenvalue weighted by atomic mass is 16.6. The number of aliphatic hydroxyl groups excluding tert-OH is 2. The maximum absolute atomic E-state index is 13.0. The molecule has 6 heteroatoms. The Balaban J connectivity index is 2.07. The molecular weight excluding hydrogens is 336 g/mol. The van der Waals surface area contributed by atoms with Gasteiger partial charge in [-0.3, -0.25) is 4.79 Å². The van der Waals surface area contributed by atoms with E-state index < -0.39 is 29.3 Å². The van der Waals surface area contributed by atoms with Crippen LogP contribution in [0.5, 0.6) is 0 Å². The molecular formula is C20H34O6. The second-order valence-corrected chi connectivity index (χ2v) is 8.08. The monoisotopic (exact) mass is 370 g/mol. The van der Waals surface area contributed by atoms with Gasteiger partial charge in [0.2, 0.25) is 0 Å². The van der Waals surface area contributed by atoms with Crippen LogP contribution in [0.3, 0.4) is 0 Å². The van der Waals surface area contributed by atoms with Crippen molar-refractivity contribution in [1.82, 2.24) is 0 Å². The van der Waals surface area contributed by atoms with E-state index in [-0.39, 0.29) is 43.4 Å². The summed E-state index contributed by atoms with van der Waals surface area (Å²) >= 11 is 0. The smallest absolute Gasteiger partial charge is 0.167 e. The minimum atomic E-state index is -1.38. The molecule has 0 bridgehead atoms. The summed E-state index contributed by atoms with van der Waals surface area (Å²) in [6.45, 7) is 9.35. The Morgan fingerprint density at radius 3 is 2.54 bits per heavy atom. The number of carbonyl (C=O) groups is 1. The molecule has 2 aliphatic rings. The summed E-state index contributed by atoms with van der Waals surface area (Å²) in [6, 6.07) is 0. The Kier molecular flexibility index (Phi) is 6.67. The molecule has 2 saturated heterocycles. The third-order valence-corrected chi connectivity index (χ3v) is 6.37. The number of epoxide rings is 1. The molecule has 0 amide bonds. The van der Waals surface area contributed by atoms with Gasteiger partial charge in [-0.15, -0.1) is 0 Å². The van der Waals surface area contributed by atoms with Gasteiger partial charge in [-0.25, -0.2) is 0 Å². The summed E-state index contributed by atoms with van der Waals surface area (Å²) in [7, 11) is 0. The van der Waals surface area contributed by atoms with E-state index in [4.69, 9.17) is 9.47 Å². The van der Waals surface area contributed by atoms with Gasteiger partial charge in [0.25, 0.3) is 0 Å². The van der Waals surface area contributed by atoms with Gasteiger partial charge in [-0.2, -0.15) is 0 Å². The Morgan fingerprint density at radius 1 is 1.38 bits per heavy atom. The first-order chi connectivity index (χ1) is 12.1. The number of hydrogen-bond donors (Lipinski definition) is 3. The number of Topliss-reactive ketones (excluding diaryl/α,β-unsaturated/α-hetero) is 1. The molecule has 2 rings (SSSR count). The standard InChI is InChI=1S/C20H34O6/c1-6-8-12(3)18-19(5,26-18)13(4)14(10-21)17(23)15-11-25-20(24,7-2)9-16(15)22/h6,8,12-16,18,21-22,24H,7,9-11H2,1-5H3/b8-6-/t12-,13-,14+,15-,16?,18+,19-,20+/m0/s1. The molecule has 0 saturated carbocycles. The van der Waals surface area contributed by atoms with Gasteiger partial charge in [-0.1, -0.05) is 32.9 Å². The third kappa shape index (κ3) is 4.04. The van der Waals surface area contributed by atoms with Crippen molar-refractivity contribution in [2.75, 3.05) is 13.2 Å². The first-order valence-electron chi connectivity index (χ1n) is 9.63. The van der Waals surface area contributed by atoms with Gasteiger partial charge in [0, 0.05) is 18.3 Å². The van der Waals surface area contributed by atoms with Crippen LogP contribution in [0.1, 0.15) is 47.5 Å². The molecule has 3 N–H and O–H groups in total. The summed E-state index contributed by atoms with van der Waals surface area (Å²) in [5, 5.41) is 30.4. The average molecular weight is 370 g/mol. The fraction of sp³-hybridized carbons (Fsp3) is 0.850. The minimum Gasteiger partial charge on any atom is -0.396 e. The van der Waals surface area contributed by atoms with Crippen LogP contribution in [0.4, 0.5) is 0 Å². The lowest BCUT2D eigenvalue weighted by Crippen LogP contribution is -2.51. The molecule has 2 heterocycles. The number of ketones is 1. The molecule has 1 unspecified atom stereocenters. The highest BCUT2D eigenvalue weighted by molar-refractivity contribution is 5.84. The van der Waals surface area contributed by atoms with Crippen LogP contribution < -0.4 is 0 Å². The van der Waals surface area contributed by atoms with Crippen LogP contribution in [-0.2, 0) is 14.3 Å². The van der Waals surface area contributed by atoms with E-state index >= 15 is 0 Å². The Hall–Kier alpha value is -0.790. The van der Waals surface area contributed by atoms with Crippen LogP contribution in [0.15, 0.2) is 12.2 Å². The summed E-state index contributed by atoms with van der Waals surface area (Å²) in [6.07, 6.45) is 3.43. The van der Waals surface area contributed by atoms with Crippen molar-refractivity contribution < 1.29 is 29.6 Å². The largest absolute Gasteiger partial charge is 0.396 e. The van der Waals surface area contributed by atoms with E-state index in [1.54, 1.807) is 6.92 Å². The molecule has 0 aliphatic carbocycles. The summed E-state index contributed by atoms with van der Waals surface area (Å²) in [5.41, 5.74) is -0.480. The van der Waals surface area contributed by atoms with Crippen LogP contribution in [-0.4, -0.2) is 57.9 Å². The second kappa shape index (κ2) is 8.07. The molecule has 0 radical (unpaired) electrons. The normalized spacial score (nSPS) is 41.0. The molecule has 0 spiro atoms. The fourth-order valence-corrected chi connectivity index (χ4v) is 4.21. The Bertz CT molecular complexity index is 534. The lowest BCUT2D eigenvalue weighted by Gasteiger charge is -2.40. The number of rotatable bonds is 8. The van der Waals surface area contributed by atoms with Crippen LogP contribution in [0.2, 0.25) is 0 Å². The quantitative estimate of drug-likeness (QED) is 0.444. The number of carbonyl (C=O) groups excluding carboxylic acids is 1. The van der Waals surface area contributed by atoms with Gasteiger partial charge >= 0.3 is 0 Å². The zero-order valence-corrected chi connectivity index (χ0v) is 16.5. The van der Waals surface area contributed by atoms with E-state index in [0.717, 1.165) is 0 Å². The van der Waals surface area contributed by atoms with Gasteiger partial charge in [0.15, 0.2) is 5.79 Å². The molecule has 0 aromatic heterocycles. The zero-order valence-electron chi connectivity index (χ0n) is 16.5. The first kappa shape index (κ1) is 21.5. The van der Waals surface area contributed by atoms with Gasteiger partial charge in [0.1, 0.15) is 5.78 Å². The van der Waals surface area contributed by atoms with Gasteiger partial charge < -0.3 is 24.8 Å². The Labute approximate surface area is 156 Å². The van der Waals surface area contributed by atoms with Crippen molar-refractivity contribution in [1.29, 1.82) is 0 Å². The van der Waals surface area contributed by atoms with E-state index in [0.29, 0.717) is 6.42 Å². The second-order valence-electron chi connectivity index (χ2n) is 8.08. The third-order valence-electron chi connectivity index (χ3n) is 6.37. The highest BCUT2D eigenvalue weighted by Crippen LogP contribution is 2.50. The van der Waals surface area contributed by atoms with E-state index in [2.05, 4.69) is 13.0 Å². The molecule has 6 nitrogen and oxygen atoms in total. The molecule has 8 atom stereocenters. The minimum absolute atomic E-state index is 0.00115. The number of ether oxygens (including phenoxy) is 2. The topological polar surface area (TPSA) is 99.5 Å². The SMILES string of the molecule is C/C=C\[C@H](C)[C@H]1O[C@@]1(C)[C@@H](C)[C@@H](CO)C(=O)[C@H]1CO[C@](O)(CC)CC1O. The highest BCUT2D eigenvalue weighted by Gasteiger charge is 2.60. The van der Waals surface area contributed by atoms with Crippen LogP contribution in [0, 0.1) is 23.7 Å². The van der Waals surface area contributed by atoms with Crippen LogP contribution in [0.25, 0.3) is 0 Å².